The van der Waals surface area contributed by atoms with Crippen LogP contribution in [0.2, 0.25) is 0 Å². The molecule has 1 aromatic heterocycles. The summed E-state index contributed by atoms with van der Waals surface area (Å²) in [7, 11) is 0. The summed E-state index contributed by atoms with van der Waals surface area (Å²) in [5.74, 6) is 0.535. The summed E-state index contributed by atoms with van der Waals surface area (Å²) in [6.45, 7) is 10.1. The van der Waals surface area contributed by atoms with Gasteiger partial charge in [0.2, 0.25) is 5.91 Å². The van der Waals surface area contributed by atoms with Crippen LogP contribution in [0.25, 0.3) is 0 Å². The Kier molecular flexibility index (Phi) is 4.81. The van der Waals surface area contributed by atoms with Crippen molar-refractivity contribution in [3.63, 3.8) is 0 Å². The number of hydrogen-bond acceptors (Lipinski definition) is 4. The number of nitrogens with zero attached hydrogens (tertiary/aromatic N) is 1. The number of hydrogen-bond donors (Lipinski definition) is 2. The quantitative estimate of drug-likeness (QED) is 0.898. The first kappa shape index (κ1) is 15.4. The first-order chi connectivity index (χ1) is 9.41. The minimum Gasteiger partial charge on any atom is -0.347 e. The molecule has 0 bridgehead atoms. The van der Waals surface area contributed by atoms with Gasteiger partial charge in [-0.05, 0) is 45.7 Å². The predicted molar refractivity (Wildman–Crippen MR) is 82.8 cm³/mol. The Hall–Kier alpha value is -0.940. The van der Waals surface area contributed by atoms with Gasteiger partial charge in [-0.1, -0.05) is 13.8 Å². The number of rotatable bonds is 4. The van der Waals surface area contributed by atoms with E-state index in [0.29, 0.717) is 5.92 Å². The van der Waals surface area contributed by atoms with E-state index in [9.17, 15) is 4.79 Å². The van der Waals surface area contributed by atoms with Gasteiger partial charge in [-0.15, -0.1) is 11.3 Å². The van der Waals surface area contributed by atoms with E-state index in [-0.39, 0.29) is 17.4 Å². The third-order valence-electron chi connectivity index (χ3n) is 4.26. The average Bonchev–Trinajstić information content (AvgIpc) is 2.86. The molecule has 2 atom stereocenters. The molecular weight excluding hydrogens is 270 g/mol. The molecule has 1 saturated heterocycles. The van der Waals surface area contributed by atoms with E-state index < -0.39 is 0 Å². The zero-order chi connectivity index (χ0) is 14.8. The standard InChI is InChI=1S/C15H25N3OS/c1-10-9-20-13(17-10)11(2)18-14(19)15(3,4)12-6-5-7-16-8-12/h9,11-12,16H,5-8H2,1-4H3,(H,18,19). The SMILES string of the molecule is Cc1csc(C(C)NC(=O)C(C)(C)C2CCCNC2)n1. The topological polar surface area (TPSA) is 54.0 Å². The van der Waals surface area contributed by atoms with E-state index in [2.05, 4.69) is 29.5 Å². The molecule has 0 saturated carbocycles. The zero-order valence-electron chi connectivity index (χ0n) is 12.8. The van der Waals surface area contributed by atoms with Gasteiger partial charge in [-0.25, -0.2) is 4.98 Å². The maximum atomic E-state index is 12.6. The monoisotopic (exact) mass is 295 g/mol. The number of thiazole rings is 1. The van der Waals surface area contributed by atoms with Gasteiger partial charge in [0.15, 0.2) is 0 Å². The normalized spacial score (nSPS) is 21.5. The van der Waals surface area contributed by atoms with Crippen molar-refractivity contribution in [3.05, 3.63) is 16.1 Å². The van der Waals surface area contributed by atoms with Crippen molar-refractivity contribution >= 4 is 17.2 Å². The lowest BCUT2D eigenvalue weighted by Crippen LogP contribution is -2.47. The smallest absolute Gasteiger partial charge is 0.226 e. The molecule has 1 aliphatic heterocycles. The number of nitrogens with one attached hydrogen (secondary N) is 2. The third-order valence-corrected chi connectivity index (χ3v) is 5.40. The zero-order valence-corrected chi connectivity index (χ0v) is 13.6. The average molecular weight is 295 g/mol. The molecule has 112 valence electrons. The molecule has 0 spiro atoms. The van der Waals surface area contributed by atoms with Crippen molar-refractivity contribution in [2.75, 3.05) is 13.1 Å². The second-order valence-electron chi connectivity index (χ2n) is 6.29. The van der Waals surface area contributed by atoms with Crippen molar-refractivity contribution in [3.8, 4) is 0 Å². The highest BCUT2D eigenvalue weighted by Gasteiger charge is 2.37. The molecule has 0 aromatic carbocycles. The molecule has 5 heteroatoms. The fourth-order valence-corrected chi connectivity index (χ4v) is 3.47. The number of aryl methyl sites for hydroxylation is 1. The Balaban J connectivity index is 1.99. The van der Waals surface area contributed by atoms with Gasteiger partial charge >= 0.3 is 0 Å². The summed E-state index contributed by atoms with van der Waals surface area (Å²) >= 11 is 1.61. The summed E-state index contributed by atoms with van der Waals surface area (Å²) in [5.41, 5.74) is 0.676. The van der Waals surface area contributed by atoms with E-state index in [1.54, 1.807) is 11.3 Å². The van der Waals surface area contributed by atoms with Gasteiger partial charge in [-0.2, -0.15) is 0 Å². The number of carbonyl (C=O) groups excluding carboxylic acids is 1. The Labute approximate surface area is 125 Å². The maximum absolute atomic E-state index is 12.6. The fraction of sp³-hybridized carbons (Fsp3) is 0.733. The van der Waals surface area contributed by atoms with Crippen LogP contribution in [0.3, 0.4) is 0 Å². The van der Waals surface area contributed by atoms with Gasteiger partial charge in [0.05, 0.1) is 6.04 Å². The molecule has 2 unspecified atom stereocenters. The van der Waals surface area contributed by atoms with Crippen LogP contribution in [0.15, 0.2) is 5.38 Å². The summed E-state index contributed by atoms with van der Waals surface area (Å²) in [6, 6.07) is -0.0166. The van der Waals surface area contributed by atoms with Crippen molar-refractivity contribution in [1.29, 1.82) is 0 Å². The van der Waals surface area contributed by atoms with Gasteiger partial charge in [0.1, 0.15) is 5.01 Å². The van der Waals surface area contributed by atoms with Gasteiger partial charge in [-0.3, -0.25) is 4.79 Å². The summed E-state index contributed by atoms with van der Waals surface area (Å²) in [6.07, 6.45) is 2.28. The molecule has 0 radical (unpaired) electrons. The number of amides is 1. The molecule has 20 heavy (non-hydrogen) atoms. The Morgan fingerprint density at radius 2 is 2.35 bits per heavy atom. The van der Waals surface area contributed by atoms with Crippen LogP contribution in [0, 0.1) is 18.3 Å². The van der Waals surface area contributed by atoms with Crippen LogP contribution in [0.1, 0.15) is 50.4 Å². The molecule has 1 aliphatic rings. The van der Waals surface area contributed by atoms with E-state index in [4.69, 9.17) is 0 Å². The van der Waals surface area contributed by atoms with E-state index in [1.807, 2.05) is 19.2 Å². The van der Waals surface area contributed by atoms with E-state index in [0.717, 1.165) is 36.6 Å². The molecule has 2 N–H and O–H groups in total. The highest BCUT2D eigenvalue weighted by molar-refractivity contribution is 7.09. The van der Waals surface area contributed by atoms with Gasteiger partial charge < -0.3 is 10.6 Å². The highest BCUT2D eigenvalue weighted by atomic mass is 32.1. The van der Waals surface area contributed by atoms with Crippen LogP contribution >= 0.6 is 11.3 Å². The van der Waals surface area contributed by atoms with Crippen LogP contribution in [0.5, 0.6) is 0 Å². The summed E-state index contributed by atoms with van der Waals surface area (Å²) in [4.78, 5) is 17.0. The minimum absolute atomic E-state index is 0.0166. The molecule has 0 aliphatic carbocycles. The predicted octanol–water partition coefficient (Wildman–Crippen LogP) is 2.65. The Bertz CT molecular complexity index is 463. The second-order valence-corrected chi connectivity index (χ2v) is 7.18. The molecule has 1 aromatic rings. The maximum Gasteiger partial charge on any atom is 0.226 e. The second kappa shape index (κ2) is 6.22. The minimum atomic E-state index is -0.339. The summed E-state index contributed by atoms with van der Waals surface area (Å²) in [5, 5.41) is 9.52. The lowest BCUT2D eigenvalue weighted by atomic mass is 9.74. The number of piperidine rings is 1. The first-order valence-corrected chi connectivity index (χ1v) is 8.23. The highest BCUT2D eigenvalue weighted by Crippen LogP contribution is 2.32. The molecule has 1 amide bonds. The van der Waals surface area contributed by atoms with Crippen molar-refractivity contribution in [2.24, 2.45) is 11.3 Å². The van der Waals surface area contributed by atoms with Crippen LogP contribution in [0.4, 0.5) is 0 Å². The number of aromatic nitrogens is 1. The lowest BCUT2D eigenvalue weighted by Gasteiger charge is -2.36. The van der Waals surface area contributed by atoms with Gasteiger partial charge in [0.25, 0.3) is 0 Å². The van der Waals surface area contributed by atoms with Crippen LogP contribution in [-0.4, -0.2) is 24.0 Å². The largest absolute Gasteiger partial charge is 0.347 e. The molecular formula is C15H25N3OS. The molecule has 1 fully saturated rings. The van der Waals surface area contributed by atoms with Gasteiger partial charge in [0, 0.05) is 16.5 Å². The van der Waals surface area contributed by atoms with Crippen LogP contribution in [-0.2, 0) is 4.79 Å². The fourth-order valence-electron chi connectivity index (χ4n) is 2.67. The first-order valence-electron chi connectivity index (χ1n) is 7.35. The third kappa shape index (κ3) is 3.38. The lowest BCUT2D eigenvalue weighted by molar-refractivity contribution is -0.133. The summed E-state index contributed by atoms with van der Waals surface area (Å²) < 4.78 is 0. The Morgan fingerprint density at radius 3 is 2.90 bits per heavy atom. The molecule has 2 heterocycles. The Morgan fingerprint density at radius 1 is 1.60 bits per heavy atom. The number of carbonyl (C=O) groups is 1. The van der Waals surface area contributed by atoms with Crippen molar-refractivity contribution < 1.29 is 4.79 Å². The van der Waals surface area contributed by atoms with E-state index >= 15 is 0 Å². The molecule has 2 rings (SSSR count). The van der Waals surface area contributed by atoms with Crippen molar-refractivity contribution in [2.45, 2.75) is 46.6 Å². The molecule has 4 nitrogen and oxygen atoms in total. The van der Waals surface area contributed by atoms with Crippen molar-refractivity contribution in [1.82, 2.24) is 15.6 Å². The van der Waals surface area contributed by atoms with Crippen LogP contribution < -0.4 is 10.6 Å². The van der Waals surface area contributed by atoms with E-state index in [1.165, 1.54) is 0 Å².